The van der Waals surface area contributed by atoms with E-state index in [1.165, 1.54) is 7.11 Å². The van der Waals surface area contributed by atoms with E-state index < -0.39 is 29.5 Å². The summed E-state index contributed by atoms with van der Waals surface area (Å²) in [4.78, 5) is 11.3. The van der Waals surface area contributed by atoms with Crippen molar-refractivity contribution in [1.82, 2.24) is 5.32 Å². The average molecular weight is 275 g/mol. The van der Waals surface area contributed by atoms with Crippen molar-refractivity contribution in [1.29, 1.82) is 0 Å². The SMILES string of the molecule is CCCNC(CC(=O)OC)c1cc(F)c(F)cc1F. The van der Waals surface area contributed by atoms with Crippen LogP contribution in [0.5, 0.6) is 0 Å². The van der Waals surface area contributed by atoms with Crippen LogP contribution in [0.3, 0.4) is 0 Å². The van der Waals surface area contributed by atoms with Crippen LogP contribution in [0.25, 0.3) is 0 Å². The Morgan fingerprint density at radius 1 is 1.26 bits per heavy atom. The first-order valence-electron chi connectivity index (χ1n) is 5.94. The first-order chi connectivity index (χ1) is 8.99. The number of carbonyl (C=O) groups is 1. The van der Waals surface area contributed by atoms with E-state index in [4.69, 9.17) is 0 Å². The normalized spacial score (nSPS) is 12.3. The molecule has 1 atom stereocenters. The fourth-order valence-corrected chi connectivity index (χ4v) is 1.67. The predicted molar refractivity (Wildman–Crippen MR) is 64.0 cm³/mol. The molecule has 0 bridgehead atoms. The molecule has 0 saturated carbocycles. The van der Waals surface area contributed by atoms with Crippen LogP contribution in [0.4, 0.5) is 13.2 Å². The van der Waals surface area contributed by atoms with Crippen molar-refractivity contribution in [2.75, 3.05) is 13.7 Å². The summed E-state index contributed by atoms with van der Waals surface area (Å²) in [5.74, 6) is -3.85. The standard InChI is InChI=1S/C13H16F3NO2/c1-3-4-17-12(7-13(18)19-2)8-5-10(15)11(16)6-9(8)14/h5-6,12,17H,3-4,7H2,1-2H3. The van der Waals surface area contributed by atoms with Gasteiger partial charge in [-0.15, -0.1) is 0 Å². The Hall–Kier alpha value is -1.56. The van der Waals surface area contributed by atoms with Crippen molar-refractivity contribution in [3.05, 3.63) is 35.1 Å². The van der Waals surface area contributed by atoms with Gasteiger partial charge in [0.1, 0.15) is 5.82 Å². The zero-order chi connectivity index (χ0) is 14.4. The molecule has 6 heteroatoms. The van der Waals surface area contributed by atoms with Gasteiger partial charge in [0, 0.05) is 17.7 Å². The van der Waals surface area contributed by atoms with Crippen LogP contribution in [-0.4, -0.2) is 19.6 Å². The number of benzene rings is 1. The van der Waals surface area contributed by atoms with E-state index in [1.54, 1.807) is 0 Å². The van der Waals surface area contributed by atoms with Crippen molar-refractivity contribution in [2.24, 2.45) is 0 Å². The van der Waals surface area contributed by atoms with Crippen LogP contribution in [0, 0.1) is 17.5 Å². The molecular formula is C13H16F3NO2. The van der Waals surface area contributed by atoms with Crippen molar-refractivity contribution in [3.63, 3.8) is 0 Å². The fraction of sp³-hybridized carbons (Fsp3) is 0.462. The maximum atomic E-state index is 13.7. The summed E-state index contributed by atoms with van der Waals surface area (Å²) in [5, 5.41) is 2.91. The second-order valence-corrected chi connectivity index (χ2v) is 4.07. The summed E-state index contributed by atoms with van der Waals surface area (Å²) in [6.07, 6.45) is 0.599. The van der Waals surface area contributed by atoms with Gasteiger partial charge in [-0.05, 0) is 19.0 Å². The van der Waals surface area contributed by atoms with Crippen LogP contribution >= 0.6 is 0 Å². The van der Waals surface area contributed by atoms with Crippen LogP contribution in [-0.2, 0) is 9.53 Å². The Kier molecular flexibility index (Phi) is 5.82. The van der Waals surface area contributed by atoms with Gasteiger partial charge in [-0.2, -0.15) is 0 Å². The number of rotatable bonds is 6. The number of esters is 1. The second-order valence-electron chi connectivity index (χ2n) is 4.07. The molecule has 1 aromatic carbocycles. The summed E-state index contributed by atoms with van der Waals surface area (Å²) in [6.45, 7) is 2.41. The number of hydrogen-bond donors (Lipinski definition) is 1. The monoisotopic (exact) mass is 275 g/mol. The lowest BCUT2D eigenvalue weighted by Gasteiger charge is -2.18. The lowest BCUT2D eigenvalue weighted by molar-refractivity contribution is -0.141. The van der Waals surface area contributed by atoms with Crippen LogP contribution in [0.15, 0.2) is 12.1 Å². The molecule has 19 heavy (non-hydrogen) atoms. The van der Waals surface area contributed by atoms with E-state index in [2.05, 4.69) is 10.1 Å². The number of nitrogens with one attached hydrogen (secondary N) is 1. The number of methoxy groups -OCH3 is 1. The zero-order valence-corrected chi connectivity index (χ0v) is 10.8. The largest absolute Gasteiger partial charge is 0.469 e. The van der Waals surface area contributed by atoms with Gasteiger partial charge in [0.05, 0.1) is 13.5 Å². The molecule has 1 aromatic rings. The summed E-state index contributed by atoms with van der Waals surface area (Å²) in [5.41, 5.74) is -0.0854. The van der Waals surface area contributed by atoms with Crippen LogP contribution in [0.2, 0.25) is 0 Å². The molecule has 106 valence electrons. The molecule has 0 spiro atoms. The van der Waals surface area contributed by atoms with Gasteiger partial charge in [-0.25, -0.2) is 13.2 Å². The molecule has 1 unspecified atom stereocenters. The highest BCUT2D eigenvalue weighted by Crippen LogP contribution is 2.23. The lowest BCUT2D eigenvalue weighted by atomic mass is 10.0. The van der Waals surface area contributed by atoms with E-state index in [0.717, 1.165) is 12.5 Å². The third-order valence-electron chi connectivity index (χ3n) is 2.65. The Morgan fingerprint density at radius 2 is 1.89 bits per heavy atom. The van der Waals surface area contributed by atoms with Gasteiger partial charge in [-0.3, -0.25) is 4.79 Å². The molecule has 0 aliphatic rings. The van der Waals surface area contributed by atoms with E-state index in [1.807, 2.05) is 6.92 Å². The van der Waals surface area contributed by atoms with E-state index in [0.29, 0.717) is 12.6 Å². The smallest absolute Gasteiger partial charge is 0.307 e. The summed E-state index contributed by atoms with van der Waals surface area (Å²) in [7, 11) is 1.21. The molecule has 0 aliphatic carbocycles. The van der Waals surface area contributed by atoms with E-state index in [9.17, 15) is 18.0 Å². The van der Waals surface area contributed by atoms with Crippen LogP contribution in [0.1, 0.15) is 31.4 Å². The highest BCUT2D eigenvalue weighted by atomic mass is 19.2. The maximum Gasteiger partial charge on any atom is 0.307 e. The molecule has 0 aliphatic heterocycles. The quantitative estimate of drug-likeness (QED) is 0.641. The molecule has 0 fully saturated rings. The third-order valence-corrected chi connectivity index (χ3v) is 2.65. The molecule has 3 nitrogen and oxygen atoms in total. The van der Waals surface area contributed by atoms with Gasteiger partial charge >= 0.3 is 5.97 Å². The maximum absolute atomic E-state index is 13.7. The Balaban J connectivity index is 3.02. The molecule has 1 N–H and O–H groups in total. The highest BCUT2D eigenvalue weighted by molar-refractivity contribution is 5.70. The first kappa shape index (κ1) is 15.5. The molecule has 0 amide bonds. The van der Waals surface area contributed by atoms with Gasteiger partial charge in [0.15, 0.2) is 11.6 Å². The highest BCUT2D eigenvalue weighted by Gasteiger charge is 2.21. The molecular weight excluding hydrogens is 259 g/mol. The Bertz CT molecular complexity index is 452. The van der Waals surface area contributed by atoms with Crippen molar-refractivity contribution >= 4 is 5.97 Å². The minimum absolute atomic E-state index is 0.0854. The van der Waals surface area contributed by atoms with Crippen molar-refractivity contribution in [3.8, 4) is 0 Å². The van der Waals surface area contributed by atoms with E-state index in [-0.39, 0.29) is 12.0 Å². The predicted octanol–water partition coefficient (Wildman–Crippen LogP) is 2.71. The molecule has 0 aromatic heterocycles. The average Bonchev–Trinajstić information content (AvgIpc) is 2.38. The lowest BCUT2D eigenvalue weighted by Crippen LogP contribution is -2.26. The second kappa shape index (κ2) is 7.13. The van der Waals surface area contributed by atoms with Gasteiger partial charge < -0.3 is 10.1 Å². The molecule has 0 saturated heterocycles. The minimum atomic E-state index is -1.26. The van der Waals surface area contributed by atoms with Crippen molar-refractivity contribution in [2.45, 2.75) is 25.8 Å². The summed E-state index contributed by atoms with van der Waals surface area (Å²) < 4.78 is 44.2. The van der Waals surface area contributed by atoms with Crippen molar-refractivity contribution < 1.29 is 22.7 Å². The number of halogens is 3. The van der Waals surface area contributed by atoms with Gasteiger partial charge in [0.25, 0.3) is 0 Å². The summed E-state index contributed by atoms with van der Waals surface area (Å²) >= 11 is 0. The fourth-order valence-electron chi connectivity index (χ4n) is 1.67. The number of carbonyl (C=O) groups excluding carboxylic acids is 1. The third kappa shape index (κ3) is 4.24. The Morgan fingerprint density at radius 3 is 2.47 bits per heavy atom. The number of ether oxygens (including phenoxy) is 1. The molecule has 0 radical (unpaired) electrons. The zero-order valence-electron chi connectivity index (χ0n) is 10.8. The summed E-state index contributed by atoms with van der Waals surface area (Å²) in [6, 6.07) is 0.492. The molecule has 1 rings (SSSR count). The van der Waals surface area contributed by atoms with E-state index >= 15 is 0 Å². The van der Waals surface area contributed by atoms with Gasteiger partial charge in [-0.1, -0.05) is 6.92 Å². The van der Waals surface area contributed by atoms with Crippen LogP contribution < -0.4 is 5.32 Å². The minimum Gasteiger partial charge on any atom is -0.469 e. The topological polar surface area (TPSA) is 38.3 Å². The van der Waals surface area contributed by atoms with Gasteiger partial charge in [0.2, 0.25) is 0 Å². The first-order valence-corrected chi connectivity index (χ1v) is 5.94. The number of hydrogen-bond acceptors (Lipinski definition) is 3. The Labute approximate surface area is 109 Å². The molecule has 0 heterocycles.